The number of halogens is 2. The van der Waals surface area contributed by atoms with Gasteiger partial charge in [-0.2, -0.15) is 0 Å². The minimum atomic E-state index is -0.0243. The van der Waals surface area contributed by atoms with Gasteiger partial charge in [-0.1, -0.05) is 23.7 Å². The standard InChI is InChI=1S/C20H32ClN5O2.HI/c1-24(2)19(27)15-23-20(22-8-5-9-26-10-12-28-13-11-26)25(3)16-17-6-4-7-18(21)14-17;/h4,6-7,14H,5,8-13,15-16H2,1-3H3,(H,22,23);1H. The number of benzene rings is 1. The summed E-state index contributed by atoms with van der Waals surface area (Å²) in [5, 5.41) is 4.12. The van der Waals surface area contributed by atoms with Crippen molar-refractivity contribution in [3.63, 3.8) is 0 Å². The highest BCUT2D eigenvalue weighted by Gasteiger charge is 2.12. The fourth-order valence-corrected chi connectivity index (χ4v) is 3.12. The van der Waals surface area contributed by atoms with Crippen LogP contribution in [-0.4, -0.2) is 93.6 Å². The maximum atomic E-state index is 11.9. The number of morpholine rings is 1. The number of rotatable bonds is 8. The Morgan fingerprint density at radius 3 is 2.66 bits per heavy atom. The molecule has 164 valence electrons. The Morgan fingerprint density at radius 2 is 2.00 bits per heavy atom. The third-order valence-corrected chi connectivity index (χ3v) is 4.81. The molecule has 1 N–H and O–H groups in total. The minimum absolute atomic E-state index is 0. The molecular weight excluding hydrogens is 505 g/mol. The molecule has 0 atom stereocenters. The molecule has 9 heteroatoms. The smallest absolute Gasteiger partial charge is 0.243 e. The Labute approximate surface area is 196 Å². The molecule has 1 aliphatic heterocycles. The van der Waals surface area contributed by atoms with E-state index in [-0.39, 0.29) is 36.4 Å². The highest BCUT2D eigenvalue weighted by atomic mass is 127. The number of ether oxygens (including phenoxy) is 1. The number of carbonyl (C=O) groups is 1. The first-order valence-corrected chi connectivity index (χ1v) is 10.1. The zero-order valence-electron chi connectivity index (χ0n) is 17.6. The van der Waals surface area contributed by atoms with Gasteiger partial charge in [0.1, 0.15) is 6.54 Å². The second-order valence-electron chi connectivity index (χ2n) is 7.15. The summed E-state index contributed by atoms with van der Waals surface area (Å²) in [7, 11) is 5.45. The molecule has 0 bridgehead atoms. The summed E-state index contributed by atoms with van der Waals surface area (Å²) in [4.78, 5) is 22.4. The van der Waals surface area contributed by atoms with Gasteiger partial charge in [0.25, 0.3) is 0 Å². The summed E-state index contributed by atoms with van der Waals surface area (Å²) in [5.41, 5.74) is 1.09. The second-order valence-corrected chi connectivity index (χ2v) is 7.58. The van der Waals surface area contributed by atoms with Gasteiger partial charge in [-0.25, -0.2) is 4.99 Å². The summed E-state index contributed by atoms with van der Waals surface area (Å²) < 4.78 is 5.39. The molecule has 1 amide bonds. The summed E-state index contributed by atoms with van der Waals surface area (Å²) in [6, 6.07) is 7.77. The van der Waals surface area contributed by atoms with E-state index < -0.39 is 0 Å². The van der Waals surface area contributed by atoms with Gasteiger partial charge in [0.2, 0.25) is 5.91 Å². The fraction of sp³-hybridized carbons (Fsp3) is 0.600. The van der Waals surface area contributed by atoms with Gasteiger partial charge in [0.15, 0.2) is 5.96 Å². The monoisotopic (exact) mass is 537 g/mol. The van der Waals surface area contributed by atoms with E-state index in [0.29, 0.717) is 11.6 Å². The van der Waals surface area contributed by atoms with E-state index in [0.717, 1.165) is 57.3 Å². The average molecular weight is 538 g/mol. The number of guanidine groups is 1. The third kappa shape index (κ3) is 9.97. The summed E-state index contributed by atoms with van der Waals surface area (Å²) in [6.07, 6.45) is 1.01. The van der Waals surface area contributed by atoms with Crippen molar-refractivity contribution in [3.8, 4) is 0 Å². The molecule has 1 aromatic carbocycles. The molecule has 0 saturated carbocycles. The molecule has 1 heterocycles. The average Bonchev–Trinajstić information content (AvgIpc) is 2.67. The van der Waals surface area contributed by atoms with Crippen LogP contribution in [-0.2, 0) is 16.1 Å². The normalized spacial score (nSPS) is 14.8. The molecule has 1 aromatic rings. The Balaban J connectivity index is 0.00000420. The fourth-order valence-electron chi connectivity index (χ4n) is 2.91. The maximum Gasteiger partial charge on any atom is 0.243 e. The zero-order valence-corrected chi connectivity index (χ0v) is 20.7. The Hall–Kier alpha value is -1.10. The molecule has 0 spiro atoms. The number of likely N-dealkylation sites (N-methyl/N-ethyl adjacent to an activating group) is 1. The molecule has 1 fully saturated rings. The van der Waals surface area contributed by atoms with Crippen molar-refractivity contribution in [2.75, 3.05) is 67.1 Å². The number of nitrogens with zero attached hydrogens (tertiary/aromatic N) is 4. The lowest BCUT2D eigenvalue weighted by Gasteiger charge is -2.27. The lowest BCUT2D eigenvalue weighted by molar-refractivity contribution is -0.127. The van der Waals surface area contributed by atoms with Crippen molar-refractivity contribution >= 4 is 47.4 Å². The second kappa shape index (κ2) is 14.0. The predicted molar refractivity (Wildman–Crippen MR) is 129 cm³/mol. The number of hydrogen-bond donors (Lipinski definition) is 1. The van der Waals surface area contributed by atoms with Crippen molar-refractivity contribution in [3.05, 3.63) is 34.9 Å². The van der Waals surface area contributed by atoms with E-state index >= 15 is 0 Å². The third-order valence-electron chi connectivity index (χ3n) is 4.57. The van der Waals surface area contributed by atoms with Crippen molar-refractivity contribution in [2.24, 2.45) is 4.99 Å². The highest BCUT2D eigenvalue weighted by Crippen LogP contribution is 2.12. The lowest BCUT2D eigenvalue weighted by Crippen LogP contribution is -2.42. The number of amides is 1. The van der Waals surface area contributed by atoms with Crippen LogP contribution in [0.25, 0.3) is 0 Å². The van der Waals surface area contributed by atoms with Gasteiger partial charge in [-0.05, 0) is 30.7 Å². The number of nitrogens with one attached hydrogen (secondary N) is 1. The van der Waals surface area contributed by atoms with Gasteiger partial charge < -0.3 is 19.9 Å². The molecule has 0 radical (unpaired) electrons. The maximum absolute atomic E-state index is 11.9. The van der Waals surface area contributed by atoms with Crippen LogP contribution in [0.2, 0.25) is 5.02 Å². The van der Waals surface area contributed by atoms with Gasteiger partial charge in [-0.15, -0.1) is 24.0 Å². The molecule has 0 aliphatic carbocycles. The topological polar surface area (TPSA) is 60.4 Å². The first-order valence-electron chi connectivity index (χ1n) is 9.70. The summed E-state index contributed by atoms with van der Waals surface area (Å²) >= 11 is 6.09. The van der Waals surface area contributed by atoms with E-state index in [1.807, 2.05) is 36.2 Å². The SMILES string of the molecule is CN(C)C(=O)CN=C(NCCCN1CCOCC1)N(C)Cc1cccc(Cl)c1.I. The van der Waals surface area contributed by atoms with Gasteiger partial charge in [0.05, 0.1) is 13.2 Å². The number of aliphatic imine (C=N–C) groups is 1. The molecule has 0 aromatic heterocycles. The molecule has 0 unspecified atom stereocenters. The van der Waals surface area contributed by atoms with Crippen LogP contribution in [0.15, 0.2) is 29.3 Å². The molecule has 2 rings (SSSR count). The number of hydrogen-bond acceptors (Lipinski definition) is 4. The Kier molecular flexibility index (Phi) is 12.5. The highest BCUT2D eigenvalue weighted by molar-refractivity contribution is 14.0. The Morgan fingerprint density at radius 1 is 1.28 bits per heavy atom. The quantitative estimate of drug-likeness (QED) is 0.238. The van der Waals surface area contributed by atoms with Crippen LogP contribution in [0, 0.1) is 0 Å². The van der Waals surface area contributed by atoms with Crippen LogP contribution >= 0.6 is 35.6 Å². The van der Waals surface area contributed by atoms with E-state index in [1.54, 1.807) is 19.0 Å². The van der Waals surface area contributed by atoms with E-state index in [9.17, 15) is 4.79 Å². The summed E-state index contributed by atoms with van der Waals surface area (Å²) in [6.45, 7) is 6.22. The lowest BCUT2D eigenvalue weighted by atomic mass is 10.2. The molecule has 1 saturated heterocycles. The van der Waals surface area contributed by atoms with Crippen molar-refractivity contribution in [1.29, 1.82) is 0 Å². The van der Waals surface area contributed by atoms with E-state index in [1.165, 1.54) is 0 Å². The van der Waals surface area contributed by atoms with Gasteiger partial charge in [0, 0.05) is 52.3 Å². The van der Waals surface area contributed by atoms with Crippen LogP contribution in [0.3, 0.4) is 0 Å². The molecule has 7 nitrogen and oxygen atoms in total. The predicted octanol–water partition coefficient (Wildman–Crippen LogP) is 2.15. The molecular formula is C20H33ClIN5O2. The van der Waals surface area contributed by atoms with Crippen LogP contribution in [0.1, 0.15) is 12.0 Å². The molecule has 1 aliphatic rings. The largest absolute Gasteiger partial charge is 0.379 e. The first kappa shape index (κ1) is 25.9. The van der Waals surface area contributed by atoms with Crippen LogP contribution < -0.4 is 5.32 Å². The van der Waals surface area contributed by atoms with Gasteiger partial charge in [-0.3, -0.25) is 9.69 Å². The van der Waals surface area contributed by atoms with E-state index in [2.05, 4.69) is 15.2 Å². The van der Waals surface area contributed by atoms with Crippen LogP contribution in [0.5, 0.6) is 0 Å². The Bertz CT molecular complexity index is 654. The van der Waals surface area contributed by atoms with Crippen molar-refractivity contribution in [2.45, 2.75) is 13.0 Å². The van der Waals surface area contributed by atoms with E-state index in [4.69, 9.17) is 16.3 Å². The van der Waals surface area contributed by atoms with Crippen LogP contribution in [0.4, 0.5) is 0 Å². The van der Waals surface area contributed by atoms with Crippen molar-refractivity contribution < 1.29 is 9.53 Å². The number of carbonyl (C=O) groups excluding carboxylic acids is 1. The first-order chi connectivity index (χ1) is 13.5. The minimum Gasteiger partial charge on any atom is -0.379 e. The van der Waals surface area contributed by atoms with Gasteiger partial charge >= 0.3 is 0 Å². The molecule has 29 heavy (non-hydrogen) atoms. The summed E-state index contributed by atoms with van der Waals surface area (Å²) in [5.74, 6) is 0.695. The zero-order chi connectivity index (χ0) is 20.4. The van der Waals surface area contributed by atoms with Crippen molar-refractivity contribution in [1.82, 2.24) is 20.0 Å².